The van der Waals surface area contributed by atoms with Crippen molar-refractivity contribution in [3.63, 3.8) is 0 Å². The molecule has 2 N–H and O–H groups in total. The van der Waals surface area contributed by atoms with Crippen molar-refractivity contribution in [1.82, 2.24) is 4.98 Å². The first-order valence-electron chi connectivity index (χ1n) is 5.89. The van der Waals surface area contributed by atoms with Gasteiger partial charge in [0.25, 0.3) is 0 Å². The molecule has 1 aromatic heterocycles. The molecule has 1 heterocycles. The van der Waals surface area contributed by atoms with Crippen LogP contribution in [0.25, 0.3) is 0 Å². The number of nitrogens with zero attached hydrogens (tertiary/aromatic N) is 1. The van der Waals surface area contributed by atoms with Crippen LogP contribution < -0.4 is 10.5 Å². The van der Waals surface area contributed by atoms with E-state index in [1.165, 1.54) is 0 Å². The number of rotatable bonds is 4. The minimum absolute atomic E-state index is 0.343. The summed E-state index contributed by atoms with van der Waals surface area (Å²) in [6.45, 7) is 2.51. The van der Waals surface area contributed by atoms with Crippen molar-refractivity contribution in [2.45, 2.75) is 13.0 Å². The molecular weight excluding hydrogens is 283 g/mol. The molecule has 5 heteroatoms. The van der Waals surface area contributed by atoms with Gasteiger partial charge in [0.2, 0.25) is 0 Å². The fourth-order valence-corrected chi connectivity index (χ4v) is 2.34. The van der Waals surface area contributed by atoms with E-state index in [4.69, 9.17) is 33.7 Å². The molecule has 0 aliphatic rings. The smallest absolute Gasteiger partial charge is 0.137 e. The first-order chi connectivity index (χ1) is 9.10. The number of nitrogens with two attached hydrogens (primary N) is 1. The molecule has 2 rings (SSSR count). The van der Waals surface area contributed by atoms with Crippen LogP contribution in [0.15, 0.2) is 36.7 Å². The van der Waals surface area contributed by atoms with Crippen LogP contribution in [0.2, 0.25) is 10.0 Å². The Hall–Kier alpha value is -1.29. The Labute approximate surface area is 122 Å². The average Bonchev–Trinajstić information content (AvgIpc) is 2.37. The fourth-order valence-electron chi connectivity index (χ4n) is 1.80. The fraction of sp³-hybridized carbons (Fsp3) is 0.214. The van der Waals surface area contributed by atoms with Crippen LogP contribution in [0, 0.1) is 0 Å². The van der Waals surface area contributed by atoms with E-state index in [9.17, 15) is 0 Å². The summed E-state index contributed by atoms with van der Waals surface area (Å²) in [7, 11) is 0. The molecule has 0 radical (unpaired) electrons. The van der Waals surface area contributed by atoms with Crippen molar-refractivity contribution in [1.29, 1.82) is 0 Å². The zero-order chi connectivity index (χ0) is 13.8. The number of pyridine rings is 1. The topological polar surface area (TPSA) is 48.1 Å². The third-order valence-corrected chi connectivity index (χ3v) is 3.08. The maximum atomic E-state index is 6.21. The van der Waals surface area contributed by atoms with Crippen LogP contribution in [0.1, 0.15) is 24.1 Å². The highest BCUT2D eigenvalue weighted by Crippen LogP contribution is 2.27. The molecule has 100 valence electrons. The van der Waals surface area contributed by atoms with Crippen molar-refractivity contribution < 1.29 is 4.74 Å². The van der Waals surface area contributed by atoms with Gasteiger partial charge in [0.05, 0.1) is 18.8 Å². The highest BCUT2D eigenvalue weighted by molar-refractivity contribution is 6.34. The van der Waals surface area contributed by atoms with Gasteiger partial charge in [-0.3, -0.25) is 4.98 Å². The third-order valence-electron chi connectivity index (χ3n) is 2.65. The molecule has 0 amide bonds. The zero-order valence-electron chi connectivity index (χ0n) is 10.4. The summed E-state index contributed by atoms with van der Waals surface area (Å²) in [5.74, 6) is 0.698. The van der Waals surface area contributed by atoms with Gasteiger partial charge in [-0.25, -0.2) is 0 Å². The summed E-state index contributed by atoms with van der Waals surface area (Å²) in [6, 6.07) is 6.80. The van der Waals surface area contributed by atoms with Crippen LogP contribution in [-0.4, -0.2) is 11.6 Å². The first-order valence-corrected chi connectivity index (χ1v) is 6.65. The van der Waals surface area contributed by atoms with Gasteiger partial charge in [0.15, 0.2) is 0 Å². The molecule has 1 atom stereocenters. The average molecular weight is 297 g/mol. The summed E-state index contributed by atoms with van der Waals surface area (Å²) in [4.78, 5) is 4.12. The minimum Gasteiger partial charge on any atom is -0.492 e. The van der Waals surface area contributed by atoms with Gasteiger partial charge in [-0.2, -0.15) is 0 Å². The summed E-state index contributed by atoms with van der Waals surface area (Å²) < 4.78 is 5.41. The van der Waals surface area contributed by atoms with E-state index in [-0.39, 0.29) is 6.04 Å². The number of ether oxygens (including phenoxy) is 1. The monoisotopic (exact) mass is 296 g/mol. The molecule has 19 heavy (non-hydrogen) atoms. The lowest BCUT2D eigenvalue weighted by molar-refractivity contribution is 0.338. The summed E-state index contributed by atoms with van der Waals surface area (Å²) in [6.07, 6.45) is 3.37. The Kier molecular flexibility index (Phi) is 4.64. The summed E-state index contributed by atoms with van der Waals surface area (Å²) >= 11 is 12.0. The minimum atomic E-state index is -0.343. The van der Waals surface area contributed by atoms with Crippen LogP contribution in [0.4, 0.5) is 0 Å². The molecular formula is C14H14Cl2N2O. The zero-order valence-corrected chi connectivity index (χ0v) is 11.9. The Morgan fingerprint density at radius 1 is 1.11 bits per heavy atom. The normalized spacial score (nSPS) is 12.2. The van der Waals surface area contributed by atoms with Gasteiger partial charge >= 0.3 is 0 Å². The van der Waals surface area contributed by atoms with E-state index in [1.54, 1.807) is 30.6 Å². The molecule has 2 aromatic rings. The number of halogens is 2. The van der Waals surface area contributed by atoms with E-state index >= 15 is 0 Å². The van der Waals surface area contributed by atoms with Crippen molar-refractivity contribution >= 4 is 23.2 Å². The van der Waals surface area contributed by atoms with Crippen molar-refractivity contribution in [3.05, 3.63) is 57.8 Å². The van der Waals surface area contributed by atoms with E-state index in [0.717, 1.165) is 11.1 Å². The second kappa shape index (κ2) is 6.24. The van der Waals surface area contributed by atoms with Gasteiger partial charge in [-0.15, -0.1) is 0 Å². The van der Waals surface area contributed by atoms with Crippen molar-refractivity contribution in [3.8, 4) is 5.75 Å². The maximum absolute atomic E-state index is 6.21. The molecule has 0 saturated heterocycles. The Balaban J connectivity index is 2.32. The highest BCUT2D eigenvalue weighted by atomic mass is 35.5. The van der Waals surface area contributed by atoms with Crippen LogP contribution in [0.5, 0.6) is 5.75 Å². The number of benzene rings is 1. The SMILES string of the molecule is CCOc1cncc(C(N)c2cc(Cl)cc(Cl)c2)c1. The maximum Gasteiger partial charge on any atom is 0.137 e. The molecule has 0 fully saturated rings. The molecule has 1 unspecified atom stereocenters. The Bertz CT molecular complexity index is 555. The number of hydrogen-bond acceptors (Lipinski definition) is 3. The van der Waals surface area contributed by atoms with Crippen molar-refractivity contribution in [2.75, 3.05) is 6.61 Å². The molecule has 0 aliphatic heterocycles. The Morgan fingerprint density at radius 3 is 2.42 bits per heavy atom. The van der Waals surface area contributed by atoms with Gasteiger partial charge < -0.3 is 10.5 Å². The molecule has 0 spiro atoms. The molecule has 0 saturated carbocycles. The lowest BCUT2D eigenvalue weighted by Crippen LogP contribution is -2.12. The van der Waals surface area contributed by atoms with E-state index in [1.807, 2.05) is 13.0 Å². The molecule has 1 aromatic carbocycles. The lowest BCUT2D eigenvalue weighted by Gasteiger charge is -2.14. The van der Waals surface area contributed by atoms with Crippen LogP contribution in [-0.2, 0) is 0 Å². The number of aromatic nitrogens is 1. The van der Waals surface area contributed by atoms with Gasteiger partial charge in [0.1, 0.15) is 5.75 Å². The first kappa shape index (κ1) is 14.1. The van der Waals surface area contributed by atoms with Crippen LogP contribution >= 0.6 is 23.2 Å². The lowest BCUT2D eigenvalue weighted by atomic mass is 10.0. The summed E-state index contributed by atoms with van der Waals surface area (Å²) in [5, 5.41) is 1.12. The second-order valence-corrected chi connectivity index (χ2v) is 4.94. The quantitative estimate of drug-likeness (QED) is 0.933. The summed E-state index contributed by atoms with van der Waals surface area (Å²) in [5.41, 5.74) is 7.90. The highest BCUT2D eigenvalue weighted by Gasteiger charge is 2.12. The molecule has 3 nitrogen and oxygen atoms in total. The van der Waals surface area contributed by atoms with E-state index in [2.05, 4.69) is 4.98 Å². The predicted octanol–water partition coefficient (Wildman–Crippen LogP) is 3.84. The Morgan fingerprint density at radius 2 is 1.79 bits per heavy atom. The molecule has 0 bridgehead atoms. The van der Waals surface area contributed by atoms with E-state index in [0.29, 0.717) is 22.4 Å². The van der Waals surface area contributed by atoms with Gasteiger partial charge in [0, 0.05) is 16.2 Å². The second-order valence-electron chi connectivity index (χ2n) is 4.07. The van der Waals surface area contributed by atoms with Crippen LogP contribution in [0.3, 0.4) is 0 Å². The van der Waals surface area contributed by atoms with E-state index < -0.39 is 0 Å². The number of hydrogen-bond donors (Lipinski definition) is 1. The van der Waals surface area contributed by atoms with Gasteiger partial charge in [-0.05, 0) is 42.3 Å². The van der Waals surface area contributed by atoms with Crippen molar-refractivity contribution in [2.24, 2.45) is 5.73 Å². The van der Waals surface area contributed by atoms with Gasteiger partial charge in [-0.1, -0.05) is 23.2 Å². The predicted molar refractivity (Wildman–Crippen MR) is 77.9 cm³/mol. The largest absolute Gasteiger partial charge is 0.492 e. The molecule has 0 aliphatic carbocycles. The third kappa shape index (κ3) is 3.60. The standard InChI is InChI=1S/C14H14Cl2N2O/c1-2-19-13-5-10(7-18-8-13)14(17)9-3-11(15)6-12(16)4-9/h3-8,14H,2,17H2,1H3.